The van der Waals surface area contributed by atoms with Crippen molar-refractivity contribution in [3.05, 3.63) is 100 Å². The summed E-state index contributed by atoms with van der Waals surface area (Å²) in [6.45, 7) is 6.46. The summed E-state index contributed by atoms with van der Waals surface area (Å²) in [7, 11) is 0. The minimum absolute atomic E-state index is 0.0556. The molecular formula is C27H24O3. The Hall–Kier alpha value is -3.51. The average Bonchev–Trinajstić information content (AvgIpc) is 3.26. The van der Waals surface area contributed by atoms with Gasteiger partial charge >= 0.3 is 5.97 Å². The van der Waals surface area contributed by atoms with Crippen LogP contribution in [-0.2, 0) is 11.8 Å². The molecule has 0 bridgehead atoms. The maximum atomic E-state index is 11.3. The van der Waals surface area contributed by atoms with Gasteiger partial charge < -0.3 is 9.52 Å². The van der Waals surface area contributed by atoms with E-state index in [4.69, 9.17) is 4.42 Å². The molecule has 0 radical (unpaired) electrons. The second kappa shape index (κ2) is 7.72. The third kappa shape index (κ3) is 3.69. The van der Waals surface area contributed by atoms with E-state index in [0.29, 0.717) is 12.0 Å². The molecule has 4 rings (SSSR count). The van der Waals surface area contributed by atoms with Crippen LogP contribution in [-0.4, -0.2) is 11.1 Å². The monoisotopic (exact) mass is 396 g/mol. The van der Waals surface area contributed by atoms with Crippen molar-refractivity contribution in [1.82, 2.24) is 0 Å². The fourth-order valence-corrected chi connectivity index (χ4v) is 3.99. The van der Waals surface area contributed by atoms with E-state index < -0.39 is 5.97 Å². The largest absolute Gasteiger partial charge is 0.478 e. The number of benzene rings is 2. The minimum Gasteiger partial charge on any atom is -0.478 e. The van der Waals surface area contributed by atoms with Crippen LogP contribution in [0, 0.1) is 11.8 Å². The maximum Gasteiger partial charge on any atom is 0.335 e. The third-order valence-electron chi connectivity index (χ3n) is 5.71. The van der Waals surface area contributed by atoms with Gasteiger partial charge in [0.2, 0.25) is 0 Å². The highest BCUT2D eigenvalue weighted by molar-refractivity contribution is 5.89. The number of aryl methyl sites for hydroxylation is 1. The Kier molecular flexibility index (Phi) is 5.10. The predicted molar refractivity (Wildman–Crippen MR) is 119 cm³/mol. The standard InChI is InChI=1S/C27H24O3/c1-4-20-16-18(9-11-21(20)26(28)29)7-8-19-10-12-24-23(17-19)22(13-14-27(24,2)3)25-6-5-15-30-25/h5-6,9-13,15-17H,4,14H2,1-3H3,(H,28,29). The summed E-state index contributed by atoms with van der Waals surface area (Å²) in [5, 5.41) is 9.30. The van der Waals surface area contributed by atoms with Gasteiger partial charge in [0, 0.05) is 16.7 Å². The summed E-state index contributed by atoms with van der Waals surface area (Å²) in [5.41, 5.74) is 6.49. The van der Waals surface area contributed by atoms with Crippen LogP contribution in [0.15, 0.2) is 65.3 Å². The first-order valence-electron chi connectivity index (χ1n) is 10.2. The first kappa shape index (κ1) is 19.8. The second-order valence-corrected chi connectivity index (χ2v) is 8.22. The van der Waals surface area contributed by atoms with Crippen molar-refractivity contribution >= 4 is 11.5 Å². The summed E-state index contributed by atoms with van der Waals surface area (Å²) < 4.78 is 5.67. The molecule has 0 unspecified atom stereocenters. The Labute approximate surface area is 177 Å². The van der Waals surface area contributed by atoms with Crippen molar-refractivity contribution in [2.45, 2.75) is 39.0 Å². The van der Waals surface area contributed by atoms with Crippen LogP contribution >= 0.6 is 0 Å². The van der Waals surface area contributed by atoms with Gasteiger partial charge in [-0.05, 0) is 77.4 Å². The van der Waals surface area contributed by atoms with Crippen LogP contribution in [0.4, 0.5) is 0 Å². The summed E-state index contributed by atoms with van der Waals surface area (Å²) in [4.78, 5) is 11.3. The van der Waals surface area contributed by atoms with Crippen molar-refractivity contribution in [1.29, 1.82) is 0 Å². The van der Waals surface area contributed by atoms with Crippen LogP contribution in [0.5, 0.6) is 0 Å². The maximum absolute atomic E-state index is 11.3. The molecule has 1 aromatic heterocycles. The Morgan fingerprint density at radius 1 is 1.10 bits per heavy atom. The lowest BCUT2D eigenvalue weighted by molar-refractivity contribution is 0.0695. The van der Waals surface area contributed by atoms with Crippen LogP contribution in [0.25, 0.3) is 5.57 Å². The number of fused-ring (bicyclic) bond motifs is 1. The van der Waals surface area contributed by atoms with E-state index in [1.54, 1.807) is 18.4 Å². The Bertz CT molecular complexity index is 1200. The fourth-order valence-electron chi connectivity index (χ4n) is 3.99. The van der Waals surface area contributed by atoms with Crippen LogP contribution in [0.2, 0.25) is 0 Å². The van der Waals surface area contributed by atoms with Crippen molar-refractivity contribution in [2.75, 3.05) is 0 Å². The number of furan rings is 1. The van der Waals surface area contributed by atoms with E-state index in [2.05, 4.69) is 50.0 Å². The molecule has 0 fully saturated rings. The van der Waals surface area contributed by atoms with Crippen molar-refractivity contribution in [3.8, 4) is 11.8 Å². The quantitative estimate of drug-likeness (QED) is 0.548. The Morgan fingerprint density at radius 3 is 2.50 bits per heavy atom. The highest BCUT2D eigenvalue weighted by atomic mass is 16.4. The van der Waals surface area contributed by atoms with Crippen molar-refractivity contribution in [3.63, 3.8) is 0 Å². The average molecular weight is 396 g/mol. The molecule has 3 aromatic rings. The van der Waals surface area contributed by atoms with Gasteiger partial charge in [0.25, 0.3) is 0 Å². The molecule has 2 aromatic carbocycles. The predicted octanol–water partition coefficient (Wildman–Crippen LogP) is 6.05. The van der Waals surface area contributed by atoms with E-state index in [1.165, 1.54) is 5.56 Å². The van der Waals surface area contributed by atoms with E-state index in [0.717, 1.165) is 40.0 Å². The first-order valence-corrected chi connectivity index (χ1v) is 10.2. The third-order valence-corrected chi connectivity index (χ3v) is 5.71. The second-order valence-electron chi connectivity index (χ2n) is 8.22. The summed E-state index contributed by atoms with van der Waals surface area (Å²) in [6, 6.07) is 15.5. The molecule has 30 heavy (non-hydrogen) atoms. The molecular weight excluding hydrogens is 372 g/mol. The molecule has 1 heterocycles. The Morgan fingerprint density at radius 2 is 1.83 bits per heavy atom. The topological polar surface area (TPSA) is 50.4 Å². The molecule has 3 heteroatoms. The molecule has 150 valence electrons. The van der Waals surface area contributed by atoms with E-state index >= 15 is 0 Å². The van der Waals surface area contributed by atoms with Gasteiger partial charge in [-0.15, -0.1) is 0 Å². The lowest BCUT2D eigenvalue weighted by Crippen LogP contribution is -2.21. The van der Waals surface area contributed by atoms with Crippen molar-refractivity contribution in [2.24, 2.45) is 0 Å². The molecule has 3 nitrogen and oxygen atoms in total. The van der Waals surface area contributed by atoms with Gasteiger partial charge in [-0.2, -0.15) is 0 Å². The number of hydrogen-bond donors (Lipinski definition) is 1. The molecule has 0 aliphatic heterocycles. The molecule has 0 saturated heterocycles. The van der Waals surface area contributed by atoms with Gasteiger partial charge in [0.1, 0.15) is 5.76 Å². The Balaban J connectivity index is 1.73. The summed E-state index contributed by atoms with van der Waals surface area (Å²) in [6.07, 6.45) is 5.56. The smallest absolute Gasteiger partial charge is 0.335 e. The number of carboxylic acids is 1. The van der Waals surface area contributed by atoms with Gasteiger partial charge in [-0.3, -0.25) is 0 Å². The molecule has 1 aliphatic rings. The summed E-state index contributed by atoms with van der Waals surface area (Å²) in [5.74, 6) is 6.41. The number of rotatable bonds is 3. The zero-order valence-electron chi connectivity index (χ0n) is 17.5. The van der Waals surface area contributed by atoms with Gasteiger partial charge in [0.15, 0.2) is 0 Å². The normalized spacial score (nSPS) is 14.3. The fraction of sp³-hybridized carbons (Fsp3) is 0.222. The molecule has 0 amide bonds. The van der Waals surface area contributed by atoms with Crippen LogP contribution in [0.3, 0.4) is 0 Å². The summed E-state index contributed by atoms with van der Waals surface area (Å²) >= 11 is 0. The van der Waals surface area contributed by atoms with E-state index in [1.807, 2.05) is 25.1 Å². The number of carbonyl (C=O) groups is 1. The molecule has 1 aliphatic carbocycles. The number of carboxylic acid groups (broad SMARTS) is 1. The number of hydrogen-bond acceptors (Lipinski definition) is 2. The van der Waals surface area contributed by atoms with Crippen molar-refractivity contribution < 1.29 is 14.3 Å². The van der Waals surface area contributed by atoms with Crippen LogP contribution < -0.4 is 0 Å². The number of allylic oxidation sites excluding steroid dienone is 1. The minimum atomic E-state index is -0.902. The molecule has 1 N–H and O–H groups in total. The first-order chi connectivity index (χ1) is 14.4. The molecule has 0 atom stereocenters. The zero-order valence-corrected chi connectivity index (χ0v) is 17.5. The van der Waals surface area contributed by atoms with Gasteiger partial charge in [-0.1, -0.05) is 44.8 Å². The lowest BCUT2D eigenvalue weighted by Gasteiger charge is -2.31. The molecule has 0 spiro atoms. The zero-order chi connectivity index (χ0) is 21.3. The van der Waals surface area contributed by atoms with E-state index in [9.17, 15) is 9.90 Å². The SMILES string of the molecule is CCc1cc(C#Cc2ccc3c(c2)C(c2ccco2)=CCC3(C)C)ccc1C(=O)O. The number of aromatic carboxylic acids is 1. The lowest BCUT2D eigenvalue weighted by atomic mass is 9.72. The molecule has 0 saturated carbocycles. The highest BCUT2D eigenvalue weighted by Crippen LogP contribution is 2.41. The highest BCUT2D eigenvalue weighted by Gasteiger charge is 2.29. The van der Waals surface area contributed by atoms with E-state index in [-0.39, 0.29) is 5.41 Å². The van der Waals surface area contributed by atoms with Crippen LogP contribution in [0.1, 0.15) is 71.1 Å². The van der Waals surface area contributed by atoms with Gasteiger partial charge in [-0.25, -0.2) is 4.79 Å². The van der Waals surface area contributed by atoms with Gasteiger partial charge in [0.05, 0.1) is 11.8 Å².